The topological polar surface area (TPSA) is 98.9 Å². The molecule has 0 saturated carbocycles. The van der Waals surface area contributed by atoms with E-state index in [0.29, 0.717) is 0 Å². The highest BCUT2D eigenvalue weighted by Crippen LogP contribution is 1.88. The minimum atomic E-state index is -4.06. The van der Waals surface area contributed by atoms with Crippen LogP contribution in [0.2, 0.25) is 0 Å². The van der Waals surface area contributed by atoms with E-state index < -0.39 is 17.0 Å². The highest BCUT2D eigenvalue weighted by Gasteiger charge is 2.07. The van der Waals surface area contributed by atoms with Crippen LogP contribution >= 0.6 is 0 Å². The van der Waals surface area contributed by atoms with E-state index in [4.69, 9.17) is 5.11 Å². The van der Waals surface area contributed by atoms with Crippen molar-refractivity contribution in [2.24, 2.45) is 5.90 Å². The molecular formula is C2H7NO5S. The van der Waals surface area contributed by atoms with E-state index in [-0.39, 0.29) is 6.61 Å². The van der Waals surface area contributed by atoms with Crippen molar-refractivity contribution < 1.29 is 22.0 Å². The third-order valence-electron chi connectivity index (χ3n) is 0.437. The van der Waals surface area contributed by atoms with Gasteiger partial charge in [-0.05, 0) is 0 Å². The first kappa shape index (κ1) is 8.79. The van der Waals surface area contributed by atoms with Crippen LogP contribution in [0.25, 0.3) is 0 Å². The third kappa shape index (κ3) is 4.30. The van der Waals surface area contributed by atoms with Crippen LogP contribution in [0.1, 0.15) is 0 Å². The van der Waals surface area contributed by atoms with Crippen molar-refractivity contribution in [2.75, 3.05) is 13.2 Å². The summed E-state index contributed by atoms with van der Waals surface area (Å²) in [7, 11) is -4.06. The molecule has 0 aliphatic rings. The average Bonchev–Trinajstić information content (AvgIpc) is 1.84. The quantitative estimate of drug-likeness (QED) is 0.464. The van der Waals surface area contributed by atoms with Gasteiger partial charge in [0.2, 0.25) is 0 Å². The van der Waals surface area contributed by atoms with Crippen LogP contribution in [0.15, 0.2) is 0 Å². The summed E-state index contributed by atoms with van der Waals surface area (Å²) in [6, 6.07) is 0. The minimum Gasteiger partial charge on any atom is -0.394 e. The molecule has 0 fully saturated rings. The van der Waals surface area contributed by atoms with E-state index in [1.54, 1.807) is 0 Å². The second-order valence-corrected chi connectivity index (χ2v) is 2.29. The van der Waals surface area contributed by atoms with Gasteiger partial charge in [0.15, 0.2) is 0 Å². The molecule has 0 atom stereocenters. The van der Waals surface area contributed by atoms with Gasteiger partial charge in [0.1, 0.15) is 0 Å². The Balaban J connectivity index is 3.61. The van der Waals surface area contributed by atoms with Crippen molar-refractivity contribution in [2.45, 2.75) is 0 Å². The Kier molecular flexibility index (Phi) is 3.66. The summed E-state index contributed by atoms with van der Waals surface area (Å²) in [6.45, 7) is -0.748. The molecule has 0 radical (unpaired) electrons. The largest absolute Gasteiger partial charge is 0.415 e. The zero-order valence-corrected chi connectivity index (χ0v) is 5.30. The number of hydrogen-bond acceptors (Lipinski definition) is 6. The zero-order chi connectivity index (χ0) is 7.33. The molecule has 0 amide bonds. The lowest BCUT2D eigenvalue weighted by Crippen LogP contribution is -2.16. The molecule has 9 heavy (non-hydrogen) atoms. The molecule has 0 aromatic rings. The maximum absolute atomic E-state index is 10.1. The van der Waals surface area contributed by atoms with Crippen LogP contribution in [-0.4, -0.2) is 26.7 Å². The number of nitrogens with two attached hydrogens (primary N) is 1. The van der Waals surface area contributed by atoms with Gasteiger partial charge in [-0.1, -0.05) is 0 Å². The van der Waals surface area contributed by atoms with Gasteiger partial charge in [-0.3, -0.25) is 0 Å². The molecule has 7 heteroatoms. The van der Waals surface area contributed by atoms with Gasteiger partial charge in [-0.2, -0.15) is 18.6 Å². The fourth-order valence-electron chi connectivity index (χ4n) is 0.167. The summed E-state index contributed by atoms with van der Waals surface area (Å²) in [4.78, 5) is 0. The molecule has 3 N–H and O–H groups in total. The summed E-state index contributed by atoms with van der Waals surface area (Å²) in [5.41, 5.74) is 0. The molecule has 0 aromatic carbocycles. The van der Waals surface area contributed by atoms with E-state index in [9.17, 15) is 8.42 Å². The number of rotatable bonds is 4. The number of hydrogen-bond donors (Lipinski definition) is 2. The van der Waals surface area contributed by atoms with Gasteiger partial charge < -0.3 is 5.11 Å². The van der Waals surface area contributed by atoms with Crippen LogP contribution in [0.5, 0.6) is 0 Å². The van der Waals surface area contributed by atoms with Crippen molar-refractivity contribution in [1.82, 2.24) is 0 Å². The highest BCUT2D eigenvalue weighted by molar-refractivity contribution is 7.81. The lowest BCUT2D eigenvalue weighted by atomic mass is 10.8. The molecule has 56 valence electrons. The fourth-order valence-corrected chi connectivity index (χ4v) is 0.501. The van der Waals surface area contributed by atoms with Crippen molar-refractivity contribution in [3.63, 3.8) is 0 Å². The fraction of sp³-hybridized carbons (Fsp3) is 1.00. The van der Waals surface area contributed by atoms with Crippen molar-refractivity contribution in [3.8, 4) is 0 Å². The van der Waals surface area contributed by atoms with E-state index in [1.165, 1.54) is 0 Å². The molecule has 0 heterocycles. The van der Waals surface area contributed by atoms with Gasteiger partial charge >= 0.3 is 10.4 Å². The van der Waals surface area contributed by atoms with Gasteiger partial charge in [0.25, 0.3) is 0 Å². The molecule has 0 saturated heterocycles. The van der Waals surface area contributed by atoms with E-state index >= 15 is 0 Å². The normalized spacial score (nSPS) is 11.8. The molecule has 6 nitrogen and oxygen atoms in total. The minimum absolute atomic E-state index is 0.348. The Morgan fingerprint density at radius 1 is 1.56 bits per heavy atom. The lowest BCUT2D eigenvalue weighted by molar-refractivity contribution is 0.170. The summed E-state index contributed by atoms with van der Waals surface area (Å²) in [5.74, 6) is 4.25. The Labute approximate surface area is 52.5 Å². The number of aliphatic hydroxyl groups excluding tert-OH is 1. The van der Waals surface area contributed by atoms with E-state index in [0.717, 1.165) is 0 Å². The van der Waals surface area contributed by atoms with Gasteiger partial charge in [0, 0.05) is 0 Å². The molecule has 0 aliphatic carbocycles. The summed E-state index contributed by atoms with van der Waals surface area (Å²) < 4.78 is 27.4. The van der Waals surface area contributed by atoms with Gasteiger partial charge in [0.05, 0.1) is 13.2 Å². The standard InChI is InChI=1S/C2H7NO5S/c3-8-9(5,6)7-2-1-4/h4H,1-3H2. The second kappa shape index (κ2) is 3.75. The van der Waals surface area contributed by atoms with Gasteiger partial charge in [-0.15, -0.1) is 0 Å². The molecule has 0 aliphatic heterocycles. The third-order valence-corrected chi connectivity index (χ3v) is 1.13. The van der Waals surface area contributed by atoms with Crippen molar-refractivity contribution in [1.29, 1.82) is 0 Å². The highest BCUT2D eigenvalue weighted by atomic mass is 32.3. The Morgan fingerprint density at radius 2 is 2.11 bits per heavy atom. The van der Waals surface area contributed by atoms with Crippen LogP contribution in [0.4, 0.5) is 0 Å². The van der Waals surface area contributed by atoms with Crippen LogP contribution in [-0.2, 0) is 18.9 Å². The predicted molar refractivity (Wildman–Crippen MR) is 27.2 cm³/mol. The Hall–Kier alpha value is -0.210. The first-order valence-electron chi connectivity index (χ1n) is 2.01. The first-order chi connectivity index (χ1) is 4.12. The zero-order valence-electron chi connectivity index (χ0n) is 4.48. The summed E-state index contributed by atoms with van der Waals surface area (Å²) >= 11 is 0. The van der Waals surface area contributed by atoms with Crippen molar-refractivity contribution in [3.05, 3.63) is 0 Å². The average molecular weight is 157 g/mol. The smallest absolute Gasteiger partial charge is 0.394 e. The Morgan fingerprint density at radius 3 is 2.44 bits per heavy atom. The molecule has 0 spiro atoms. The van der Waals surface area contributed by atoms with Gasteiger partial charge in [-0.25, -0.2) is 4.18 Å². The van der Waals surface area contributed by atoms with E-state index in [1.807, 2.05) is 0 Å². The summed E-state index contributed by atoms with van der Waals surface area (Å²) in [5, 5.41) is 8.04. The van der Waals surface area contributed by atoms with Crippen molar-refractivity contribution >= 4 is 10.4 Å². The molecule has 0 rings (SSSR count). The second-order valence-electron chi connectivity index (χ2n) is 1.05. The SMILES string of the molecule is NOS(=O)(=O)OCCO. The molecule has 0 unspecified atom stereocenters. The predicted octanol–water partition coefficient (Wildman–Crippen LogP) is -1.87. The molecule has 0 bridgehead atoms. The molecule has 0 aromatic heterocycles. The summed E-state index contributed by atoms with van der Waals surface area (Å²) in [6.07, 6.45) is 0. The Bertz CT molecular complexity index is 150. The van der Waals surface area contributed by atoms with Crippen LogP contribution in [0.3, 0.4) is 0 Å². The maximum atomic E-state index is 10.1. The van der Waals surface area contributed by atoms with E-state index in [2.05, 4.69) is 14.4 Å². The first-order valence-corrected chi connectivity index (χ1v) is 3.34. The lowest BCUT2D eigenvalue weighted by Gasteiger charge is -1.97. The van der Waals surface area contributed by atoms with Crippen LogP contribution < -0.4 is 5.90 Å². The molecular weight excluding hydrogens is 150 g/mol. The maximum Gasteiger partial charge on any atom is 0.415 e. The number of aliphatic hydroxyl groups is 1. The monoisotopic (exact) mass is 157 g/mol. The van der Waals surface area contributed by atoms with Crippen LogP contribution in [0, 0.1) is 0 Å².